The molecular formula is C17H17BrN2. The Bertz CT molecular complexity index is 718. The number of H-pyrrole nitrogens is 1. The Kier molecular flexibility index (Phi) is 3.90. The third-order valence-electron chi connectivity index (χ3n) is 3.58. The SMILES string of the molecule is C[C@@H](NCc1ccc2cc[nH]c2c1)c1cccc(Br)c1. The fraction of sp³-hybridized carbons (Fsp3) is 0.176. The molecule has 0 amide bonds. The number of halogens is 1. The largest absolute Gasteiger partial charge is 0.361 e. The second-order valence-corrected chi connectivity index (χ2v) is 5.97. The summed E-state index contributed by atoms with van der Waals surface area (Å²) in [5.74, 6) is 0. The number of aromatic amines is 1. The van der Waals surface area contributed by atoms with E-state index in [-0.39, 0.29) is 0 Å². The molecule has 2 N–H and O–H groups in total. The lowest BCUT2D eigenvalue weighted by atomic mass is 10.1. The third-order valence-corrected chi connectivity index (χ3v) is 4.07. The highest BCUT2D eigenvalue weighted by Crippen LogP contribution is 2.19. The fourth-order valence-corrected chi connectivity index (χ4v) is 2.79. The minimum atomic E-state index is 0.326. The van der Waals surface area contributed by atoms with Crippen LogP contribution in [0.1, 0.15) is 24.1 Å². The van der Waals surface area contributed by atoms with Gasteiger partial charge in [-0.1, -0.05) is 40.2 Å². The smallest absolute Gasteiger partial charge is 0.0457 e. The second-order valence-electron chi connectivity index (χ2n) is 5.06. The molecule has 102 valence electrons. The van der Waals surface area contributed by atoms with Crippen LogP contribution in [0.3, 0.4) is 0 Å². The normalized spacial score (nSPS) is 12.7. The van der Waals surface area contributed by atoms with E-state index < -0.39 is 0 Å². The number of aromatic nitrogens is 1. The van der Waals surface area contributed by atoms with E-state index in [9.17, 15) is 0 Å². The molecule has 0 radical (unpaired) electrons. The van der Waals surface area contributed by atoms with Gasteiger partial charge in [0.05, 0.1) is 0 Å². The van der Waals surface area contributed by atoms with Gasteiger partial charge in [-0.05, 0) is 47.7 Å². The molecule has 0 aliphatic rings. The summed E-state index contributed by atoms with van der Waals surface area (Å²) in [7, 11) is 0. The van der Waals surface area contributed by atoms with Gasteiger partial charge in [0.1, 0.15) is 0 Å². The number of fused-ring (bicyclic) bond motifs is 1. The van der Waals surface area contributed by atoms with E-state index in [2.05, 4.69) is 81.7 Å². The van der Waals surface area contributed by atoms with Crippen LogP contribution in [0.2, 0.25) is 0 Å². The lowest BCUT2D eigenvalue weighted by Gasteiger charge is -2.14. The van der Waals surface area contributed by atoms with Gasteiger partial charge >= 0.3 is 0 Å². The molecule has 0 fully saturated rings. The van der Waals surface area contributed by atoms with Crippen molar-refractivity contribution in [1.82, 2.24) is 10.3 Å². The summed E-state index contributed by atoms with van der Waals surface area (Å²) >= 11 is 3.52. The van der Waals surface area contributed by atoms with Crippen LogP contribution in [0, 0.1) is 0 Å². The predicted molar refractivity (Wildman–Crippen MR) is 87.7 cm³/mol. The van der Waals surface area contributed by atoms with Crippen molar-refractivity contribution in [3.63, 3.8) is 0 Å². The van der Waals surface area contributed by atoms with E-state index in [0.29, 0.717) is 6.04 Å². The molecule has 1 atom stereocenters. The first-order chi connectivity index (χ1) is 9.72. The summed E-state index contributed by atoms with van der Waals surface area (Å²) in [4.78, 5) is 3.25. The summed E-state index contributed by atoms with van der Waals surface area (Å²) in [6.45, 7) is 3.05. The van der Waals surface area contributed by atoms with Crippen LogP contribution in [0.15, 0.2) is 59.2 Å². The summed E-state index contributed by atoms with van der Waals surface area (Å²) in [6, 6.07) is 17.4. The Hall–Kier alpha value is -1.58. The van der Waals surface area contributed by atoms with Crippen LogP contribution in [-0.2, 0) is 6.54 Å². The van der Waals surface area contributed by atoms with Crippen LogP contribution in [0.25, 0.3) is 10.9 Å². The van der Waals surface area contributed by atoms with Gasteiger partial charge < -0.3 is 10.3 Å². The fourth-order valence-electron chi connectivity index (χ4n) is 2.37. The molecule has 0 aliphatic carbocycles. The molecule has 2 nitrogen and oxygen atoms in total. The lowest BCUT2D eigenvalue weighted by molar-refractivity contribution is 0.575. The molecular weight excluding hydrogens is 312 g/mol. The number of hydrogen-bond donors (Lipinski definition) is 2. The van der Waals surface area contributed by atoms with Gasteiger partial charge in [0, 0.05) is 28.8 Å². The number of rotatable bonds is 4. The molecule has 3 rings (SSSR count). The van der Waals surface area contributed by atoms with Gasteiger partial charge in [-0.25, -0.2) is 0 Å². The summed E-state index contributed by atoms with van der Waals surface area (Å²) < 4.78 is 1.12. The highest BCUT2D eigenvalue weighted by Gasteiger charge is 2.05. The standard InChI is InChI=1S/C17H17BrN2/c1-12(15-3-2-4-16(18)10-15)20-11-13-5-6-14-7-8-19-17(14)9-13/h2-10,12,19-20H,11H2,1H3/t12-/m1/s1. The predicted octanol–water partition coefficient (Wildman–Crippen LogP) is 4.78. The van der Waals surface area contributed by atoms with Crippen LogP contribution in [-0.4, -0.2) is 4.98 Å². The van der Waals surface area contributed by atoms with Gasteiger partial charge in [-0.3, -0.25) is 0 Å². The molecule has 3 heteroatoms. The Labute approximate surface area is 127 Å². The average Bonchev–Trinajstić information content (AvgIpc) is 2.92. The van der Waals surface area contributed by atoms with Gasteiger partial charge in [0.15, 0.2) is 0 Å². The molecule has 0 bridgehead atoms. The first-order valence-corrected chi connectivity index (χ1v) is 7.56. The minimum absolute atomic E-state index is 0.326. The molecule has 0 unspecified atom stereocenters. The van der Waals surface area contributed by atoms with Gasteiger partial charge in [0.25, 0.3) is 0 Å². The van der Waals surface area contributed by atoms with E-state index in [0.717, 1.165) is 11.0 Å². The van der Waals surface area contributed by atoms with Crippen LogP contribution in [0.5, 0.6) is 0 Å². The molecule has 0 saturated heterocycles. The van der Waals surface area contributed by atoms with E-state index in [1.54, 1.807) is 0 Å². The average molecular weight is 329 g/mol. The molecule has 20 heavy (non-hydrogen) atoms. The van der Waals surface area contributed by atoms with Crippen LogP contribution >= 0.6 is 15.9 Å². The zero-order valence-electron chi connectivity index (χ0n) is 11.4. The maximum absolute atomic E-state index is 3.56. The van der Waals surface area contributed by atoms with Crippen molar-refractivity contribution >= 4 is 26.8 Å². The Balaban J connectivity index is 1.69. The second kappa shape index (κ2) is 5.81. The van der Waals surface area contributed by atoms with Crippen molar-refractivity contribution in [2.75, 3.05) is 0 Å². The van der Waals surface area contributed by atoms with Crippen molar-refractivity contribution in [2.24, 2.45) is 0 Å². The quantitative estimate of drug-likeness (QED) is 0.708. The summed E-state index contributed by atoms with van der Waals surface area (Å²) in [5.41, 5.74) is 3.78. The van der Waals surface area contributed by atoms with E-state index in [1.807, 2.05) is 6.20 Å². The highest BCUT2D eigenvalue weighted by atomic mass is 79.9. The maximum Gasteiger partial charge on any atom is 0.0457 e. The van der Waals surface area contributed by atoms with Crippen molar-refractivity contribution < 1.29 is 0 Å². The third kappa shape index (κ3) is 2.94. The monoisotopic (exact) mass is 328 g/mol. The molecule has 0 aliphatic heterocycles. The van der Waals surface area contributed by atoms with E-state index >= 15 is 0 Å². The number of nitrogens with one attached hydrogen (secondary N) is 2. The van der Waals surface area contributed by atoms with Crippen LogP contribution < -0.4 is 5.32 Å². The van der Waals surface area contributed by atoms with E-state index in [4.69, 9.17) is 0 Å². The summed E-state index contributed by atoms with van der Waals surface area (Å²) in [5, 5.41) is 4.82. The molecule has 2 aromatic carbocycles. The van der Waals surface area contributed by atoms with Crippen molar-refractivity contribution in [3.05, 3.63) is 70.3 Å². The first kappa shape index (κ1) is 13.4. The van der Waals surface area contributed by atoms with Gasteiger partial charge in [-0.2, -0.15) is 0 Å². The molecule has 0 spiro atoms. The lowest BCUT2D eigenvalue weighted by Crippen LogP contribution is -2.18. The zero-order chi connectivity index (χ0) is 13.9. The van der Waals surface area contributed by atoms with E-state index in [1.165, 1.54) is 22.0 Å². The first-order valence-electron chi connectivity index (χ1n) is 6.77. The maximum atomic E-state index is 3.56. The van der Waals surface area contributed by atoms with Crippen molar-refractivity contribution in [3.8, 4) is 0 Å². The van der Waals surface area contributed by atoms with Crippen molar-refractivity contribution in [1.29, 1.82) is 0 Å². The Morgan fingerprint density at radius 1 is 1.15 bits per heavy atom. The minimum Gasteiger partial charge on any atom is -0.361 e. The molecule has 1 aromatic heterocycles. The Morgan fingerprint density at radius 3 is 2.90 bits per heavy atom. The number of benzene rings is 2. The molecule has 3 aromatic rings. The highest BCUT2D eigenvalue weighted by molar-refractivity contribution is 9.10. The zero-order valence-corrected chi connectivity index (χ0v) is 12.9. The summed E-state index contributed by atoms with van der Waals surface area (Å²) in [6.07, 6.45) is 1.98. The van der Waals surface area contributed by atoms with Gasteiger partial charge in [-0.15, -0.1) is 0 Å². The number of hydrogen-bond acceptors (Lipinski definition) is 1. The topological polar surface area (TPSA) is 27.8 Å². The molecule has 0 saturated carbocycles. The van der Waals surface area contributed by atoms with Crippen molar-refractivity contribution in [2.45, 2.75) is 19.5 Å². The Morgan fingerprint density at radius 2 is 2.05 bits per heavy atom. The van der Waals surface area contributed by atoms with Gasteiger partial charge in [0.2, 0.25) is 0 Å². The van der Waals surface area contributed by atoms with Crippen LogP contribution in [0.4, 0.5) is 0 Å². The molecule has 1 heterocycles.